The molecule has 0 aromatic heterocycles. The number of benzene rings is 1. The third kappa shape index (κ3) is 2.61. The van der Waals surface area contributed by atoms with Crippen molar-refractivity contribution >= 4 is 17.4 Å². The third-order valence-corrected chi connectivity index (χ3v) is 3.39. The van der Waals surface area contributed by atoms with E-state index in [0.29, 0.717) is 16.8 Å². The summed E-state index contributed by atoms with van der Waals surface area (Å²) in [6.45, 7) is 3.24. The van der Waals surface area contributed by atoms with E-state index in [1.54, 1.807) is 13.8 Å². The minimum absolute atomic E-state index is 0.122. The predicted octanol–water partition coefficient (Wildman–Crippen LogP) is 3.84. The molecule has 0 atom stereocenters. The lowest BCUT2D eigenvalue weighted by Crippen LogP contribution is -2.21. The lowest BCUT2D eigenvalue weighted by molar-refractivity contribution is -0.0563. The van der Waals surface area contributed by atoms with Gasteiger partial charge in [-0.1, -0.05) is 0 Å². The van der Waals surface area contributed by atoms with Gasteiger partial charge in [0.05, 0.1) is 0 Å². The van der Waals surface area contributed by atoms with E-state index >= 15 is 0 Å². The molecule has 16 heavy (non-hydrogen) atoms. The maximum absolute atomic E-state index is 12.8. The van der Waals surface area contributed by atoms with Gasteiger partial charge in [0, 0.05) is 10.6 Å². The lowest BCUT2D eigenvalue weighted by Gasteiger charge is -2.17. The highest BCUT2D eigenvalue weighted by atomic mass is 32.2. The molecule has 0 amide bonds. The van der Waals surface area contributed by atoms with Crippen molar-refractivity contribution in [1.29, 1.82) is 0 Å². The topological polar surface area (TPSA) is 26.0 Å². The van der Waals surface area contributed by atoms with E-state index in [4.69, 9.17) is 5.73 Å². The van der Waals surface area contributed by atoms with Crippen LogP contribution in [0.2, 0.25) is 0 Å². The van der Waals surface area contributed by atoms with Gasteiger partial charge in [0.15, 0.2) is 0 Å². The van der Waals surface area contributed by atoms with Crippen LogP contribution in [0, 0.1) is 13.8 Å². The monoisotopic (exact) mass is 253 g/mol. The molecule has 0 aliphatic carbocycles. The molecule has 1 aromatic carbocycles. The molecular formula is C10H11F4NS. The van der Waals surface area contributed by atoms with Gasteiger partial charge in [-0.05, 0) is 48.9 Å². The summed E-state index contributed by atoms with van der Waals surface area (Å²) < 4.78 is 49.7. The first-order valence-electron chi connectivity index (χ1n) is 4.46. The first-order valence-corrected chi connectivity index (χ1v) is 5.28. The fourth-order valence-electron chi connectivity index (χ4n) is 1.12. The number of nitrogens with two attached hydrogens (primary N) is 1. The van der Waals surface area contributed by atoms with Crippen molar-refractivity contribution in [1.82, 2.24) is 0 Å². The molecule has 0 saturated carbocycles. The molecule has 2 N–H and O–H groups in total. The summed E-state index contributed by atoms with van der Waals surface area (Å²) in [7, 11) is 0. The summed E-state index contributed by atoms with van der Waals surface area (Å²) >= 11 is -0.135. The fraction of sp³-hybridized carbons (Fsp3) is 0.400. The Morgan fingerprint density at radius 1 is 1.19 bits per heavy atom. The molecule has 0 saturated heterocycles. The number of nitrogen functional groups attached to an aromatic ring is 1. The van der Waals surface area contributed by atoms with Crippen molar-refractivity contribution in [2.24, 2.45) is 0 Å². The van der Waals surface area contributed by atoms with Gasteiger partial charge in [0.1, 0.15) is 0 Å². The van der Waals surface area contributed by atoms with Crippen LogP contribution < -0.4 is 5.73 Å². The average Bonchev–Trinajstić information content (AvgIpc) is 2.19. The highest BCUT2D eigenvalue weighted by Gasteiger charge is 2.42. The van der Waals surface area contributed by atoms with Gasteiger partial charge in [-0.25, -0.2) is 8.78 Å². The molecule has 0 unspecified atom stereocenters. The van der Waals surface area contributed by atoms with E-state index in [1.165, 1.54) is 12.1 Å². The quantitative estimate of drug-likeness (QED) is 0.503. The second kappa shape index (κ2) is 4.53. The Balaban J connectivity index is 3.04. The Labute approximate surface area is 95.0 Å². The first-order chi connectivity index (χ1) is 7.25. The molecule has 0 bridgehead atoms. The SMILES string of the molecule is Cc1c(N)ccc(SC(F)(F)C(F)F)c1C. The van der Waals surface area contributed by atoms with Gasteiger partial charge < -0.3 is 5.73 Å². The van der Waals surface area contributed by atoms with Crippen molar-refractivity contribution in [2.75, 3.05) is 5.73 Å². The van der Waals surface area contributed by atoms with E-state index in [9.17, 15) is 17.6 Å². The van der Waals surface area contributed by atoms with Crippen LogP contribution in [0.3, 0.4) is 0 Å². The van der Waals surface area contributed by atoms with Crippen LogP contribution in [0.4, 0.5) is 23.2 Å². The maximum Gasteiger partial charge on any atom is 0.357 e. The molecule has 0 heterocycles. The Hall–Kier alpha value is -0.910. The molecule has 1 aromatic rings. The number of halogens is 4. The van der Waals surface area contributed by atoms with E-state index in [-0.39, 0.29) is 16.7 Å². The maximum atomic E-state index is 12.8. The molecule has 0 aliphatic heterocycles. The van der Waals surface area contributed by atoms with Crippen LogP contribution >= 0.6 is 11.8 Å². The molecule has 1 rings (SSSR count). The molecule has 0 radical (unpaired) electrons. The summed E-state index contributed by atoms with van der Waals surface area (Å²) in [6.07, 6.45) is -3.69. The van der Waals surface area contributed by atoms with Crippen molar-refractivity contribution in [3.8, 4) is 0 Å². The summed E-state index contributed by atoms with van der Waals surface area (Å²) in [5.41, 5.74) is 7.17. The summed E-state index contributed by atoms with van der Waals surface area (Å²) in [5, 5.41) is -4.08. The van der Waals surface area contributed by atoms with Crippen LogP contribution in [-0.2, 0) is 0 Å². The minimum Gasteiger partial charge on any atom is -0.399 e. The Bertz CT molecular complexity index is 393. The van der Waals surface area contributed by atoms with Gasteiger partial charge in [0.25, 0.3) is 0 Å². The van der Waals surface area contributed by atoms with E-state index < -0.39 is 11.7 Å². The molecule has 90 valence electrons. The lowest BCUT2D eigenvalue weighted by atomic mass is 10.1. The summed E-state index contributed by atoms with van der Waals surface area (Å²) in [5.74, 6) is 0. The Kier molecular flexibility index (Phi) is 3.72. The van der Waals surface area contributed by atoms with Crippen LogP contribution in [0.5, 0.6) is 0 Å². The van der Waals surface area contributed by atoms with E-state index in [0.717, 1.165) is 0 Å². The van der Waals surface area contributed by atoms with Gasteiger partial charge in [0.2, 0.25) is 0 Å². The number of hydrogen-bond acceptors (Lipinski definition) is 2. The van der Waals surface area contributed by atoms with Gasteiger partial charge in [-0.2, -0.15) is 8.78 Å². The number of alkyl halides is 4. The van der Waals surface area contributed by atoms with Crippen molar-refractivity contribution in [3.63, 3.8) is 0 Å². The van der Waals surface area contributed by atoms with Crippen molar-refractivity contribution in [2.45, 2.75) is 30.4 Å². The van der Waals surface area contributed by atoms with Crippen LogP contribution in [-0.4, -0.2) is 11.7 Å². The zero-order valence-electron chi connectivity index (χ0n) is 8.73. The van der Waals surface area contributed by atoms with Crippen LogP contribution in [0.25, 0.3) is 0 Å². The molecule has 0 fully saturated rings. The van der Waals surface area contributed by atoms with Crippen molar-refractivity contribution in [3.05, 3.63) is 23.3 Å². The van der Waals surface area contributed by atoms with Gasteiger partial charge >= 0.3 is 11.7 Å². The third-order valence-electron chi connectivity index (χ3n) is 2.28. The second-order valence-corrected chi connectivity index (χ2v) is 4.56. The van der Waals surface area contributed by atoms with Crippen LogP contribution in [0.1, 0.15) is 11.1 Å². The number of hydrogen-bond donors (Lipinski definition) is 1. The average molecular weight is 253 g/mol. The van der Waals surface area contributed by atoms with Gasteiger partial charge in [-0.3, -0.25) is 0 Å². The first kappa shape index (κ1) is 13.2. The normalized spacial score (nSPS) is 12.2. The standard InChI is InChI=1S/C10H11F4NS/c1-5-6(2)8(4-3-7(5)15)16-10(13,14)9(11)12/h3-4,9H,15H2,1-2H3. The van der Waals surface area contributed by atoms with Crippen LogP contribution in [0.15, 0.2) is 17.0 Å². The predicted molar refractivity (Wildman–Crippen MR) is 57.1 cm³/mol. The van der Waals surface area contributed by atoms with Gasteiger partial charge in [-0.15, -0.1) is 0 Å². The molecular weight excluding hydrogens is 242 g/mol. The Morgan fingerprint density at radius 3 is 2.25 bits per heavy atom. The van der Waals surface area contributed by atoms with E-state index in [2.05, 4.69) is 0 Å². The van der Waals surface area contributed by atoms with Crippen molar-refractivity contribution < 1.29 is 17.6 Å². The highest BCUT2D eigenvalue weighted by Crippen LogP contribution is 2.42. The Morgan fingerprint density at radius 2 is 1.75 bits per heavy atom. The summed E-state index contributed by atoms with van der Waals surface area (Å²) in [4.78, 5) is 0.122. The summed E-state index contributed by atoms with van der Waals surface area (Å²) in [6, 6.07) is 2.77. The number of thioether (sulfide) groups is 1. The molecule has 0 aliphatic rings. The number of anilines is 1. The molecule has 0 spiro atoms. The minimum atomic E-state index is -4.08. The smallest absolute Gasteiger partial charge is 0.357 e. The zero-order valence-corrected chi connectivity index (χ0v) is 9.55. The number of rotatable bonds is 3. The largest absolute Gasteiger partial charge is 0.399 e. The molecule has 1 nitrogen and oxygen atoms in total. The zero-order chi connectivity index (χ0) is 12.5. The fourth-order valence-corrected chi connectivity index (χ4v) is 1.94. The highest BCUT2D eigenvalue weighted by molar-refractivity contribution is 8.00. The second-order valence-electron chi connectivity index (χ2n) is 3.37. The molecule has 6 heteroatoms. The van der Waals surface area contributed by atoms with E-state index in [1.807, 2.05) is 0 Å².